The van der Waals surface area contributed by atoms with Crippen molar-refractivity contribution in [2.75, 3.05) is 30.3 Å². The number of rotatable bonds is 6. The van der Waals surface area contributed by atoms with Gasteiger partial charge in [0.25, 0.3) is 0 Å². The zero-order chi connectivity index (χ0) is 26.0. The van der Waals surface area contributed by atoms with E-state index in [9.17, 15) is 5.11 Å². The molecular formula is C25H25FN8O3S. The number of nitrogens with zero attached hydrogens (tertiary/aromatic N) is 7. The fraction of sp³-hybridized carbons (Fsp3) is 0.360. The first-order valence-corrected chi connectivity index (χ1v) is 13.1. The Hall–Kier alpha value is -3.81. The number of halogens is 1. The number of aromatic nitrogens is 6. The van der Waals surface area contributed by atoms with Gasteiger partial charge in [-0.1, -0.05) is 11.3 Å². The third-order valence-corrected chi connectivity index (χ3v) is 8.18. The van der Waals surface area contributed by atoms with Crippen LogP contribution in [0.4, 0.5) is 15.3 Å². The highest BCUT2D eigenvalue weighted by atomic mass is 32.1. The van der Waals surface area contributed by atoms with Crippen LogP contribution in [0, 0.1) is 0 Å². The van der Waals surface area contributed by atoms with Crippen molar-refractivity contribution in [3.05, 3.63) is 43.0 Å². The Morgan fingerprint density at radius 1 is 1.26 bits per heavy atom. The van der Waals surface area contributed by atoms with Gasteiger partial charge >= 0.3 is 0 Å². The Bertz CT molecular complexity index is 1650. The molecule has 4 atom stereocenters. The number of nitrogen functional groups attached to an aromatic ring is 1. The summed E-state index contributed by atoms with van der Waals surface area (Å²) in [7, 11) is 1.80. The van der Waals surface area contributed by atoms with Gasteiger partial charge in [0, 0.05) is 44.2 Å². The SMILES string of the molecule is Cn1ccc(-c2cn([C@@H]3O[C@H](COc4ccc5sc(N6CCC6)nc5c4)[C@@H](O)[C@@H]3F)c3ncnc(N)c23)n1. The maximum Gasteiger partial charge on any atom is 0.186 e. The molecule has 6 heterocycles. The van der Waals surface area contributed by atoms with Crippen LogP contribution in [0.2, 0.25) is 0 Å². The molecule has 1 aromatic carbocycles. The summed E-state index contributed by atoms with van der Waals surface area (Å²) in [5, 5.41) is 16.7. The van der Waals surface area contributed by atoms with Crippen LogP contribution in [0.3, 0.4) is 0 Å². The van der Waals surface area contributed by atoms with Gasteiger partial charge in [-0.15, -0.1) is 0 Å². The molecule has 0 bridgehead atoms. The van der Waals surface area contributed by atoms with Gasteiger partial charge in [-0.3, -0.25) is 4.68 Å². The molecule has 13 heteroatoms. The first kappa shape index (κ1) is 23.3. The van der Waals surface area contributed by atoms with Gasteiger partial charge in [0.05, 0.1) is 21.3 Å². The molecule has 38 heavy (non-hydrogen) atoms. The lowest BCUT2D eigenvalue weighted by Gasteiger charge is -2.30. The summed E-state index contributed by atoms with van der Waals surface area (Å²) in [6.45, 7) is 2.03. The lowest BCUT2D eigenvalue weighted by molar-refractivity contribution is -0.0410. The van der Waals surface area contributed by atoms with Gasteiger partial charge in [-0.2, -0.15) is 5.10 Å². The Labute approximate surface area is 220 Å². The molecule has 0 spiro atoms. The second kappa shape index (κ2) is 8.89. The van der Waals surface area contributed by atoms with Gasteiger partial charge in [0.2, 0.25) is 0 Å². The zero-order valence-corrected chi connectivity index (χ0v) is 21.3. The first-order valence-electron chi connectivity index (χ1n) is 12.3. The van der Waals surface area contributed by atoms with Gasteiger partial charge < -0.3 is 29.8 Å². The number of aliphatic hydroxyl groups is 1. The van der Waals surface area contributed by atoms with E-state index in [2.05, 4.69) is 20.0 Å². The van der Waals surface area contributed by atoms with Crippen LogP contribution >= 0.6 is 11.3 Å². The van der Waals surface area contributed by atoms with Crippen LogP contribution in [-0.4, -0.2) is 72.5 Å². The smallest absolute Gasteiger partial charge is 0.186 e. The summed E-state index contributed by atoms with van der Waals surface area (Å²) < 4.78 is 31.7. The Kier molecular flexibility index (Phi) is 5.46. The fourth-order valence-electron chi connectivity index (χ4n) is 4.93. The predicted octanol–water partition coefficient (Wildman–Crippen LogP) is 2.91. The number of hydrogen-bond donors (Lipinski definition) is 2. The van der Waals surface area contributed by atoms with Crippen LogP contribution in [0.1, 0.15) is 12.6 Å². The number of aliphatic hydroxyl groups excluding tert-OH is 1. The molecule has 5 aromatic rings. The van der Waals surface area contributed by atoms with Crippen molar-refractivity contribution in [3.8, 4) is 17.0 Å². The van der Waals surface area contributed by atoms with Crippen molar-refractivity contribution in [1.82, 2.24) is 29.3 Å². The fourth-order valence-corrected chi connectivity index (χ4v) is 5.92. The van der Waals surface area contributed by atoms with Crippen LogP contribution in [0.15, 0.2) is 43.0 Å². The van der Waals surface area contributed by atoms with Crippen molar-refractivity contribution in [2.24, 2.45) is 7.05 Å². The molecule has 196 valence electrons. The number of hydrogen-bond acceptors (Lipinski definition) is 10. The van der Waals surface area contributed by atoms with E-state index in [1.54, 1.807) is 40.0 Å². The molecule has 0 aliphatic carbocycles. The number of aryl methyl sites for hydroxylation is 1. The van der Waals surface area contributed by atoms with E-state index in [4.69, 9.17) is 20.2 Å². The molecule has 0 amide bonds. The van der Waals surface area contributed by atoms with Crippen molar-refractivity contribution in [3.63, 3.8) is 0 Å². The first-order chi connectivity index (χ1) is 18.5. The number of benzene rings is 1. The lowest BCUT2D eigenvalue weighted by Crippen LogP contribution is -2.36. The molecule has 0 unspecified atom stereocenters. The molecule has 2 aliphatic rings. The monoisotopic (exact) mass is 536 g/mol. The van der Waals surface area contributed by atoms with Crippen LogP contribution < -0.4 is 15.4 Å². The highest BCUT2D eigenvalue weighted by Crippen LogP contribution is 2.39. The van der Waals surface area contributed by atoms with Crippen LogP contribution in [-0.2, 0) is 11.8 Å². The molecule has 2 saturated heterocycles. The van der Waals surface area contributed by atoms with Gasteiger partial charge in [0.15, 0.2) is 17.5 Å². The molecule has 7 rings (SSSR count). The maximum absolute atomic E-state index is 15.5. The third kappa shape index (κ3) is 3.77. The molecule has 0 radical (unpaired) electrons. The minimum Gasteiger partial charge on any atom is -0.491 e. The molecule has 2 fully saturated rings. The van der Waals surface area contributed by atoms with E-state index in [-0.39, 0.29) is 12.4 Å². The Balaban J connectivity index is 1.13. The van der Waals surface area contributed by atoms with Gasteiger partial charge in [-0.25, -0.2) is 19.3 Å². The van der Waals surface area contributed by atoms with Crippen molar-refractivity contribution in [2.45, 2.75) is 31.0 Å². The van der Waals surface area contributed by atoms with Crippen molar-refractivity contribution >= 4 is 43.5 Å². The summed E-state index contributed by atoms with van der Waals surface area (Å²) in [5.41, 5.74) is 8.71. The third-order valence-electron chi connectivity index (χ3n) is 7.08. The van der Waals surface area contributed by atoms with E-state index < -0.39 is 24.6 Å². The van der Waals surface area contributed by atoms with Crippen LogP contribution in [0.5, 0.6) is 5.75 Å². The topological polar surface area (TPSA) is 129 Å². The lowest BCUT2D eigenvalue weighted by atomic mass is 10.1. The van der Waals surface area contributed by atoms with E-state index in [1.165, 1.54) is 12.7 Å². The number of nitrogens with two attached hydrogens (primary N) is 1. The van der Waals surface area contributed by atoms with Crippen molar-refractivity contribution in [1.29, 1.82) is 0 Å². The highest BCUT2D eigenvalue weighted by molar-refractivity contribution is 7.22. The van der Waals surface area contributed by atoms with Gasteiger partial charge in [0.1, 0.15) is 42.4 Å². The van der Waals surface area contributed by atoms with Gasteiger partial charge in [-0.05, 0) is 24.6 Å². The van der Waals surface area contributed by atoms with E-state index in [0.717, 1.165) is 28.4 Å². The normalized spacial score (nSPS) is 23.4. The highest BCUT2D eigenvalue weighted by Gasteiger charge is 2.46. The summed E-state index contributed by atoms with van der Waals surface area (Å²) in [6.07, 6.45) is 0.862. The van der Waals surface area contributed by atoms with E-state index in [1.807, 2.05) is 24.3 Å². The average Bonchev–Trinajstić information content (AvgIpc) is 3.63. The quantitative estimate of drug-likeness (QED) is 0.336. The van der Waals surface area contributed by atoms with E-state index >= 15 is 4.39 Å². The number of alkyl halides is 1. The van der Waals surface area contributed by atoms with Crippen molar-refractivity contribution < 1.29 is 19.0 Å². The second-order valence-corrected chi connectivity index (χ2v) is 10.6. The van der Waals surface area contributed by atoms with Crippen LogP contribution in [0.25, 0.3) is 32.5 Å². The Morgan fingerprint density at radius 2 is 2.13 bits per heavy atom. The summed E-state index contributed by atoms with van der Waals surface area (Å²) >= 11 is 1.65. The molecule has 2 aliphatic heterocycles. The maximum atomic E-state index is 15.5. The largest absolute Gasteiger partial charge is 0.491 e. The molecule has 0 saturated carbocycles. The number of fused-ring (bicyclic) bond motifs is 2. The standard InChI is InChI=1S/C25H25FN8O3S/c1-32-8-5-15(31-32)14-10-34(23-19(14)22(27)28-12-29-23)24-20(26)21(35)17(37-24)11-36-13-3-4-18-16(9-13)30-25(38-18)33-6-2-7-33/h3-5,8-10,12,17,20-21,24,35H,2,6-7,11H2,1H3,(H2,27,28,29)/t17-,20+,21-,24-/m1/s1. The summed E-state index contributed by atoms with van der Waals surface area (Å²) in [4.78, 5) is 15.4. The number of thiazole rings is 1. The molecule has 11 nitrogen and oxygen atoms in total. The zero-order valence-electron chi connectivity index (χ0n) is 20.4. The predicted molar refractivity (Wildman–Crippen MR) is 141 cm³/mol. The minimum atomic E-state index is -1.72. The Morgan fingerprint density at radius 3 is 2.89 bits per heavy atom. The summed E-state index contributed by atoms with van der Waals surface area (Å²) in [6, 6.07) is 7.50. The molecule has 4 aromatic heterocycles. The summed E-state index contributed by atoms with van der Waals surface area (Å²) in [5.74, 6) is 0.829. The molecular weight excluding hydrogens is 511 g/mol. The minimum absolute atomic E-state index is 0.0316. The molecule has 3 N–H and O–H groups in total. The second-order valence-electron chi connectivity index (χ2n) is 9.56. The average molecular weight is 537 g/mol. The number of anilines is 2. The van der Waals surface area contributed by atoms with E-state index in [0.29, 0.717) is 28.0 Å². The number of ether oxygens (including phenoxy) is 2.